The fraction of sp³-hybridized carbons (Fsp3) is 0.923. The second kappa shape index (κ2) is 5.36. The lowest BCUT2D eigenvalue weighted by Crippen LogP contribution is -2.59. The second-order valence-corrected chi connectivity index (χ2v) is 5.13. The number of nitrogens with zero attached hydrogens (tertiary/aromatic N) is 1. The summed E-state index contributed by atoms with van der Waals surface area (Å²) in [6.45, 7) is 8.76. The Hall–Kier alpha value is -0.610. The van der Waals surface area contributed by atoms with Crippen molar-refractivity contribution in [3.63, 3.8) is 0 Å². The summed E-state index contributed by atoms with van der Waals surface area (Å²) >= 11 is 0. The van der Waals surface area contributed by atoms with Crippen molar-refractivity contribution in [2.45, 2.75) is 70.9 Å². The van der Waals surface area contributed by atoms with Gasteiger partial charge in [0.15, 0.2) is 0 Å². The highest BCUT2D eigenvalue weighted by molar-refractivity contribution is 5.77. The molecule has 17 heavy (non-hydrogen) atoms. The zero-order valence-corrected chi connectivity index (χ0v) is 11.5. The molecule has 4 nitrogen and oxygen atoms in total. The van der Waals surface area contributed by atoms with Crippen LogP contribution >= 0.6 is 0 Å². The topological polar surface area (TPSA) is 52.6 Å². The van der Waals surface area contributed by atoms with Gasteiger partial charge in [-0.3, -0.25) is 4.79 Å². The largest absolute Gasteiger partial charge is 0.354 e. The molecule has 1 fully saturated rings. The molecule has 1 rings (SSSR count). The van der Waals surface area contributed by atoms with Crippen LogP contribution in [0.4, 0.5) is 0 Å². The van der Waals surface area contributed by atoms with Crippen LogP contribution < -0.4 is 5.32 Å². The molecule has 0 spiro atoms. The van der Waals surface area contributed by atoms with E-state index in [2.05, 4.69) is 19.2 Å². The summed E-state index contributed by atoms with van der Waals surface area (Å²) in [5.41, 5.74) is -0.731. The number of hydrogen-bond donors (Lipinski definition) is 2. The van der Waals surface area contributed by atoms with Crippen LogP contribution in [0.5, 0.6) is 0 Å². The van der Waals surface area contributed by atoms with Crippen molar-refractivity contribution < 1.29 is 10.0 Å². The molecular formula is C13H26N2O2. The number of carbonyl (C=O) groups excluding carboxylic acids is 1. The van der Waals surface area contributed by atoms with E-state index in [4.69, 9.17) is 0 Å². The molecule has 0 radical (unpaired) electrons. The summed E-state index contributed by atoms with van der Waals surface area (Å²) in [6, 6.07) is 0. The first-order chi connectivity index (χ1) is 8.00. The van der Waals surface area contributed by atoms with Crippen molar-refractivity contribution in [2.24, 2.45) is 0 Å². The van der Waals surface area contributed by atoms with Gasteiger partial charge in [-0.15, -0.1) is 0 Å². The van der Waals surface area contributed by atoms with Crippen molar-refractivity contribution >= 4 is 5.91 Å². The van der Waals surface area contributed by atoms with Crippen LogP contribution in [0.15, 0.2) is 0 Å². The Morgan fingerprint density at radius 1 is 1.12 bits per heavy atom. The zero-order chi connectivity index (χ0) is 13.1. The number of rotatable bonds is 4. The quantitative estimate of drug-likeness (QED) is 0.795. The molecule has 1 amide bonds. The van der Waals surface area contributed by atoms with Crippen LogP contribution in [0, 0.1) is 0 Å². The average Bonchev–Trinajstić information content (AvgIpc) is 2.47. The summed E-state index contributed by atoms with van der Waals surface area (Å²) in [6.07, 6.45) is 3.63. The standard InChI is InChI=1S/C13H26N2O2/c1-5-12(6-2)9-11(16)14-10-13(7-3,8-4)15(12)17/h17H,5-10H2,1-4H3,(H,14,16). The van der Waals surface area contributed by atoms with Gasteiger partial charge in [-0.1, -0.05) is 27.7 Å². The van der Waals surface area contributed by atoms with Crippen molar-refractivity contribution in [1.82, 2.24) is 10.4 Å². The highest BCUT2D eigenvalue weighted by atomic mass is 16.5. The number of hydrogen-bond acceptors (Lipinski definition) is 3. The summed E-state index contributed by atoms with van der Waals surface area (Å²) in [4.78, 5) is 11.8. The fourth-order valence-electron chi connectivity index (χ4n) is 2.88. The van der Waals surface area contributed by atoms with E-state index in [-0.39, 0.29) is 11.4 Å². The number of amides is 1. The third-order valence-corrected chi connectivity index (χ3v) is 4.64. The molecule has 0 saturated carbocycles. The summed E-state index contributed by atoms with van der Waals surface area (Å²) in [5.74, 6) is 0.0523. The smallest absolute Gasteiger partial charge is 0.222 e. The van der Waals surface area contributed by atoms with Gasteiger partial charge >= 0.3 is 0 Å². The van der Waals surface area contributed by atoms with Crippen LogP contribution in [0.3, 0.4) is 0 Å². The van der Waals surface area contributed by atoms with Gasteiger partial charge in [0.05, 0.1) is 11.1 Å². The molecular weight excluding hydrogens is 216 g/mol. The molecule has 0 aromatic carbocycles. The Morgan fingerprint density at radius 3 is 2.00 bits per heavy atom. The van der Waals surface area contributed by atoms with Crippen LogP contribution in [-0.2, 0) is 4.79 Å². The van der Waals surface area contributed by atoms with Gasteiger partial charge in [0.25, 0.3) is 0 Å². The molecule has 4 heteroatoms. The highest BCUT2D eigenvalue weighted by Crippen LogP contribution is 2.37. The van der Waals surface area contributed by atoms with Gasteiger partial charge in [0.1, 0.15) is 0 Å². The Bertz CT molecular complexity index is 271. The Balaban J connectivity index is 3.16. The highest BCUT2D eigenvalue weighted by Gasteiger charge is 2.48. The molecule has 1 saturated heterocycles. The minimum Gasteiger partial charge on any atom is -0.354 e. The summed E-state index contributed by atoms with van der Waals surface area (Å²) in [7, 11) is 0. The fourth-order valence-corrected chi connectivity index (χ4v) is 2.88. The molecule has 0 bridgehead atoms. The van der Waals surface area contributed by atoms with E-state index in [0.717, 1.165) is 25.7 Å². The van der Waals surface area contributed by atoms with Gasteiger partial charge in [-0.25, -0.2) is 0 Å². The Kier molecular flexibility index (Phi) is 4.55. The third-order valence-electron chi connectivity index (χ3n) is 4.64. The molecule has 0 aromatic rings. The van der Waals surface area contributed by atoms with Crippen LogP contribution in [-0.4, -0.2) is 33.8 Å². The maximum Gasteiger partial charge on any atom is 0.222 e. The number of nitrogens with one attached hydrogen (secondary N) is 1. The molecule has 0 unspecified atom stereocenters. The maximum absolute atomic E-state index is 11.8. The first kappa shape index (κ1) is 14.5. The van der Waals surface area contributed by atoms with Gasteiger partial charge in [0.2, 0.25) is 5.91 Å². The van der Waals surface area contributed by atoms with E-state index in [1.54, 1.807) is 0 Å². The van der Waals surface area contributed by atoms with E-state index >= 15 is 0 Å². The van der Waals surface area contributed by atoms with Crippen molar-refractivity contribution in [3.05, 3.63) is 0 Å². The molecule has 0 atom stereocenters. The van der Waals surface area contributed by atoms with Crippen LogP contribution in [0.2, 0.25) is 0 Å². The van der Waals surface area contributed by atoms with Crippen molar-refractivity contribution in [3.8, 4) is 0 Å². The summed E-state index contributed by atoms with van der Waals surface area (Å²) in [5, 5.41) is 15.1. The Morgan fingerprint density at radius 2 is 1.59 bits per heavy atom. The van der Waals surface area contributed by atoms with Gasteiger partial charge in [-0.05, 0) is 25.7 Å². The maximum atomic E-state index is 11.8. The zero-order valence-electron chi connectivity index (χ0n) is 11.5. The van der Waals surface area contributed by atoms with Gasteiger partial charge < -0.3 is 10.5 Å². The lowest BCUT2D eigenvalue weighted by Gasteiger charge is -2.47. The predicted octanol–water partition coefficient (Wildman–Crippen LogP) is 2.32. The second-order valence-electron chi connectivity index (χ2n) is 5.13. The third kappa shape index (κ3) is 2.33. The summed E-state index contributed by atoms with van der Waals surface area (Å²) < 4.78 is 0. The Labute approximate surface area is 104 Å². The molecule has 100 valence electrons. The first-order valence-corrected chi connectivity index (χ1v) is 6.76. The van der Waals surface area contributed by atoms with Gasteiger partial charge in [-0.2, -0.15) is 5.06 Å². The minimum absolute atomic E-state index is 0.0523. The molecule has 0 aromatic heterocycles. The van der Waals surface area contributed by atoms with Crippen LogP contribution in [0.1, 0.15) is 59.8 Å². The van der Waals surface area contributed by atoms with E-state index in [9.17, 15) is 10.0 Å². The van der Waals surface area contributed by atoms with E-state index in [1.807, 2.05) is 13.8 Å². The van der Waals surface area contributed by atoms with E-state index in [1.165, 1.54) is 5.06 Å². The van der Waals surface area contributed by atoms with E-state index < -0.39 is 5.54 Å². The number of carbonyl (C=O) groups is 1. The monoisotopic (exact) mass is 242 g/mol. The number of hydroxylamine groups is 2. The van der Waals surface area contributed by atoms with Crippen molar-refractivity contribution in [1.29, 1.82) is 0 Å². The predicted molar refractivity (Wildman–Crippen MR) is 67.9 cm³/mol. The van der Waals surface area contributed by atoms with E-state index in [0.29, 0.717) is 13.0 Å². The molecule has 2 N–H and O–H groups in total. The van der Waals surface area contributed by atoms with Crippen LogP contribution in [0.25, 0.3) is 0 Å². The first-order valence-electron chi connectivity index (χ1n) is 6.76. The SMILES string of the molecule is CCC1(CC)CNC(=O)CC(CC)(CC)N1O. The lowest BCUT2D eigenvalue weighted by molar-refractivity contribution is -0.241. The minimum atomic E-state index is -0.410. The normalized spacial score (nSPS) is 24.2. The molecule has 1 aliphatic heterocycles. The molecule has 0 aliphatic carbocycles. The lowest BCUT2D eigenvalue weighted by atomic mass is 9.83. The van der Waals surface area contributed by atoms with Gasteiger partial charge in [0, 0.05) is 13.0 Å². The average molecular weight is 242 g/mol. The molecule has 1 aliphatic rings. The van der Waals surface area contributed by atoms with Crippen molar-refractivity contribution in [2.75, 3.05) is 6.54 Å². The molecule has 1 heterocycles.